The minimum absolute atomic E-state index is 0.0228. The minimum Gasteiger partial charge on any atom is -0.471 e. The Morgan fingerprint density at radius 3 is 2.40 bits per heavy atom. The molecule has 1 aromatic heterocycles. The number of halogens is 3. The lowest BCUT2D eigenvalue weighted by Crippen LogP contribution is -2.15. The molecular weight excluding hydrogens is 416 g/mol. The Kier molecular flexibility index (Phi) is 6.56. The second-order valence-corrected chi connectivity index (χ2v) is 7.07. The molecule has 1 heterocycles. The molecule has 6 nitrogen and oxygen atoms in total. The van der Waals surface area contributed by atoms with Gasteiger partial charge < -0.3 is 14.8 Å². The molecule has 0 bridgehead atoms. The summed E-state index contributed by atoms with van der Waals surface area (Å²) in [6.45, 7) is 2.68. The van der Waals surface area contributed by atoms with Gasteiger partial charge >= 0.3 is 6.61 Å². The molecule has 2 aromatic carbocycles. The molecule has 0 aliphatic heterocycles. The van der Waals surface area contributed by atoms with Gasteiger partial charge in [0.05, 0.1) is 0 Å². The van der Waals surface area contributed by atoms with E-state index in [9.17, 15) is 13.6 Å². The second kappa shape index (κ2) is 9.13. The summed E-state index contributed by atoms with van der Waals surface area (Å²) in [6, 6.07) is 9.49. The molecule has 0 saturated heterocycles. The Labute approximate surface area is 177 Å². The van der Waals surface area contributed by atoms with Crippen LogP contribution in [0.1, 0.15) is 27.2 Å². The Balaban J connectivity index is 1.62. The van der Waals surface area contributed by atoms with Crippen LogP contribution in [-0.2, 0) is 6.73 Å². The molecule has 158 valence electrons. The zero-order valence-electron chi connectivity index (χ0n) is 16.6. The van der Waals surface area contributed by atoms with Crippen LogP contribution in [0.2, 0.25) is 5.02 Å². The fourth-order valence-electron chi connectivity index (χ4n) is 2.82. The number of amides is 1. The number of benzene rings is 2. The van der Waals surface area contributed by atoms with Crippen LogP contribution in [-0.4, -0.2) is 22.3 Å². The third-order valence-electron chi connectivity index (χ3n) is 4.32. The zero-order valence-corrected chi connectivity index (χ0v) is 17.3. The van der Waals surface area contributed by atoms with E-state index in [-0.39, 0.29) is 18.2 Å². The van der Waals surface area contributed by atoms with E-state index in [2.05, 4.69) is 15.2 Å². The van der Waals surface area contributed by atoms with Crippen molar-refractivity contribution in [3.8, 4) is 11.5 Å². The normalized spacial score (nSPS) is 10.9. The predicted octanol–water partition coefficient (Wildman–Crippen LogP) is 5.35. The first-order chi connectivity index (χ1) is 14.2. The summed E-state index contributed by atoms with van der Waals surface area (Å²) in [5, 5.41) is 7.60. The minimum atomic E-state index is -2.91. The van der Waals surface area contributed by atoms with E-state index in [1.165, 1.54) is 22.9 Å². The van der Waals surface area contributed by atoms with Gasteiger partial charge in [-0.05, 0) is 73.9 Å². The quantitative estimate of drug-likeness (QED) is 0.543. The highest BCUT2D eigenvalue weighted by atomic mass is 35.5. The van der Waals surface area contributed by atoms with Gasteiger partial charge in [-0.2, -0.15) is 13.9 Å². The first-order valence-electron chi connectivity index (χ1n) is 9.02. The van der Waals surface area contributed by atoms with Crippen LogP contribution < -0.4 is 14.8 Å². The third kappa shape index (κ3) is 5.27. The zero-order chi connectivity index (χ0) is 21.8. The van der Waals surface area contributed by atoms with Crippen molar-refractivity contribution < 1.29 is 23.0 Å². The van der Waals surface area contributed by atoms with Gasteiger partial charge in [-0.1, -0.05) is 11.6 Å². The smallest absolute Gasteiger partial charge is 0.387 e. The lowest BCUT2D eigenvalue weighted by molar-refractivity contribution is -0.0498. The second-order valence-electron chi connectivity index (χ2n) is 6.69. The maximum absolute atomic E-state index is 12.4. The average molecular weight is 436 g/mol. The largest absolute Gasteiger partial charge is 0.471 e. The van der Waals surface area contributed by atoms with Crippen LogP contribution in [0.4, 0.5) is 14.5 Å². The number of nitrogens with zero attached hydrogens (tertiary/aromatic N) is 2. The summed E-state index contributed by atoms with van der Waals surface area (Å²) in [6.07, 6.45) is 1.62. The van der Waals surface area contributed by atoms with Gasteiger partial charge in [0.1, 0.15) is 11.5 Å². The fraction of sp³-hybridized carbons (Fsp3) is 0.238. The standard InChI is InChI=1S/C21H20ClF2N3O3/c1-12-8-15(30-21(23)24)4-5-17(12)25-20(28)18-6-7-27(26-18)11-29-16-9-13(2)19(22)14(3)10-16/h4-10,21H,11H2,1-3H3,(H,25,28). The number of aryl methyl sites for hydroxylation is 3. The number of carbonyl (C=O) groups is 1. The Morgan fingerprint density at radius 1 is 1.10 bits per heavy atom. The van der Waals surface area contributed by atoms with E-state index in [1.54, 1.807) is 19.2 Å². The molecule has 1 N–H and O–H groups in total. The molecule has 0 aliphatic rings. The number of nitrogens with one attached hydrogen (secondary N) is 1. The van der Waals surface area contributed by atoms with Crippen molar-refractivity contribution in [3.05, 3.63) is 70.0 Å². The molecule has 9 heteroatoms. The van der Waals surface area contributed by atoms with Crippen molar-refractivity contribution in [2.45, 2.75) is 34.1 Å². The van der Waals surface area contributed by atoms with Gasteiger partial charge in [0, 0.05) is 16.9 Å². The third-order valence-corrected chi connectivity index (χ3v) is 4.91. The molecule has 0 atom stereocenters. The monoisotopic (exact) mass is 435 g/mol. The van der Waals surface area contributed by atoms with Crippen molar-refractivity contribution in [2.24, 2.45) is 0 Å². The van der Waals surface area contributed by atoms with E-state index < -0.39 is 12.5 Å². The number of hydrogen-bond donors (Lipinski definition) is 1. The predicted molar refractivity (Wildman–Crippen MR) is 110 cm³/mol. The number of anilines is 1. The first kappa shape index (κ1) is 21.6. The molecule has 0 radical (unpaired) electrons. The van der Waals surface area contributed by atoms with E-state index >= 15 is 0 Å². The van der Waals surface area contributed by atoms with Crippen molar-refractivity contribution in [3.63, 3.8) is 0 Å². The van der Waals surface area contributed by atoms with Gasteiger partial charge in [-0.3, -0.25) is 4.79 Å². The molecule has 0 aliphatic carbocycles. The molecule has 3 rings (SSSR count). The average Bonchev–Trinajstić information content (AvgIpc) is 3.15. The maximum atomic E-state index is 12.4. The fourth-order valence-corrected chi connectivity index (χ4v) is 2.93. The van der Waals surface area contributed by atoms with Crippen LogP contribution in [0.5, 0.6) is 11.5 Å². The van der Waals surface area contributed by atoms with Crippen LogP contribution >= 0.6 is 11.6 Å². The summed E-state index contributed by atoms with van der Waals surface area (Å²) in [5.41, 5.74) is 3.06. The Morgan fingerprint density at radius 2 is 1.77 bits per heavy atom. The van der Waals surface area contributed by atoms with Crippen LogP contribution in [0.15, 0.2) is 42.6 Å². The highest BCUT2D eigenvalue weighted by Crippen LogP contribution is 2.26. The van der Waals surface area contributed by atoms with Gasteiger partial charge in [-0.15, -0.1) is 0 Å². The summed E-state index contributed by atoms with van der Waals surface area (Å²) in [5.74, 6) is 0.241. The number of hydrogen-bond acceptors (Lipinski definition) is 4. The summed E-state index contributed by atoms with van der Waals surface area (Å²) in [4.78, 5) is 12.4. The molecule has 30 heavy (non-hydrogen) atoms. The van der Waals surface area contributed by atoms with Crippen LogP contribution in [0.25, 0.3) is 0 Å². The molecular formula is C21H20ClF2N3O3. The highest BCUT2D eigenvalue weighted by molar-refractivity contribution is 6.32. The summed E-state index contributed by atoms with van der Waals surface area (Å²) >= 11 is 6.16. The summed E-state index contributed by atoms with van der Waals surface area (Å²) in [7, 11) is 0. The van der Waals surface area contributed by atoms with Gasteiger partial charge in [0.15, 0.2) is 12.4 Å². The molecule has 1 amide bonds. The van der Waals surface area contributed by atoms with Gasteiger partial charge in [0.25, 0.3) is 5.91 Å². The lowest BCUT2D eigenvalue weighted by atomic mass is 10.1. The lowest BCUT2D eigenvalue weighted by Gasteiger charge is -2.10. The number of alkyl halides is 2. The van der Waals surface area contributed by atoms with E-state index in [0.29, 0.717) is 22.0 Å². The van der Waals surface area contributed by atoms with Crippen molar-refractivity contribution in [2.75, 3.05) is 5.32 Å². The van der Waals surface area contributed by atoms with Gasteiger partial charge in [-0.25, -0.2) is 4.68 Å². The molecule has 0 unspecified atom stereocenters. The van der Waals surface area contributed by atoms with E-state index in [1.807, 2.05) is 26.0 Å². The van der Waals surface area contributed by atoms with E-state index in [4.69, 9.17) is 16.3 Å². The summed E-state index contributed by atoms with van der Waals surface area (Å²) < 4.78 is 36.1. The van der Waals surface area contributed by atoms with Crippen molar-refractivity contribution in [1.82, 2.24) is 9.78 Å². The van der Waals surface area contributed by atoms with E-state index in [0.717, 1.165) is 11.1 Å². The number of aromatic nitrogens is 2. The Hall–Kier alpha value is -3.13. The topological polar surface area (TPSA) is 65.4 Å². The molecule has 3 aromatic rings. The number of ether oxygens (including phenoxy) is 2. The first-order valence-corrected chi connectivity index (χ1v) is 9.40. The molecule has 0 spiro atoms. The maximum Gasteiger partial charge on any atom is 0.387 e. The Bertz CT molecular complexity index is 1050. The van der Waals surface area contributed by atoms with Crippen LogP contribution in [0, 0.1) is 20.8 Å². The van der Waals surface area contributed by atoms with Crippen molar-refractivity contribution >= 4 is 23.2 Å². The van der Waals surface area contributed by atoms with Crippen molar-refractivity contribution in [1.29, 1.82) is 0 Å². The number of rotatable bonds is 7. The van der Waals surface area contributed by atoms with Crippen LogP contribution in [0.3, 0.4) is 0 Å². The number of carbonyl (C=O) groups excluding carboxylic acids is 1. The molecule has 0 fully saturated rings. The molecule has 0 saturated carbocycles. The SMILES string of the molecule is Cc1cc(OC(F)F)ccc1NC(=O)c1ccn(COc2cc(C)c(Cl)c(C)c2)n1. The van der Waals surface area contributed by atoms with Gasteiger partial charge in [0.2, 0.25) is 0 Å². The highest BCUT2D eigenvalue weighted by Gasteiger charge is 2.13.